The van der Waals surface area contributed by atoms with Gasteiger partial charge in [0.2, 0.25) is 0 Å². The van der Waals surface area contributed by atoms with Crippen LogP contribution in [-0.2, 0) is 6.42 Å². The fourth-order valence-corrected chi connectivity index (χ4v) is 1.14. The van der Waals surface area contributed by atoms with Gasteiger partial charge in [0, 0.05) is 0 Å². The molecule has 0 aromatic heterocycles. The summed E-state index contributed by atoms with van der Waals surface area (Å²) in [7, 11) is 1.65. The molecule has 14 heavy (non-hydrogen) atoms. The monoisotopic (exact) mass is 191 g/mol. The minimum atomic E-state index is 0.463. The van der Waals surface area contributed by atoms with E-state index in [1.54, 1.807) is 7.11 Å². The van der Waals surface area contributed by atoms with Crippen molar-refractivity contribution in [2.24, 2.45) is 0 Å². The predicted octanol–water partition coefficient (Wildman–Crippen LogP) is 3.10. The third-order valence-electron chi connectivity index (χ3n) is 1.74. The smallest absolute Gasteiger partial charge is 0.121 e. The molecule has 0 saturated heterocycles. The zero-order chi connectivity index (χ0) is 11.0. The maximum absolute atomic E-state index is 8.46. The number of hydrogen-bond acceptors (Lipinski definition) is 2. The Morgan fingerprint density at radius 1 is 1.36 bits per heavy atom. The van der Waals surface area contributed by atoms with Gasteiger partial charge >= 0.3 is 0 Å². The second-order valence-corrected chi connectivity index (χ2v) is 2.64. The molecule has 0 spiro atoms. The van der Waals surface area contributed by atoms with Crippen LogP contribution >= 0.6 is 0 Å². The van der Waals surface area contributed by atoms with Crippen LogP contribution in [0.4, 0.5) is 0 Å². The molecule has 0 amide bonds. The Balaban J connectivity index is 0.000000791. The highest BCUT2D eigenvalue weighted by atomic mass is 16.5. The molecule has 0 radical (unpaired) electrons. The van der Waals surface area contributed by atoms with Crippen molar-refractivity contribution < 1.29 is 4.74 Å². The van der Waals surface area contributed by atoms with Crippen LogP contribution in [0.5, 0.6) is 5.75 Å². The van der Waals surface area contributed by atoms with E-state index in [-0.39, 0.29) is 0 Å². The SMILES string of the molecule is CC.COc1ccc(CC#N)cc1C. The van der Waals surface area contributed by atoms with Crippen LogP contribution in [0, 0.1) is 18.3 Å². The number of methoxy groups -OCH3 is 1. The number of nitriles is 1. The number of nitrogens with zero attached hydrogens (tertiary/aromatic N) is 1. The minimum absolute atomic E-state index is 0.463. The first kappa shape index (κ1) is 12.5. The minimum Gasteiger partial charge on any atom is -0.496 e. The molecule has 0 bridgehead atoms. The molecule has 0 fully saturated rings. The standard InChI is InChI=1S/C10H11NO.C2H6/c1-8-7-9(5-6-11)3-4-10(8)12-2;1-2/h3-4,7H,5H2,1-2H3;1-2H3. The van der Waals surface area contributed by atoms with E-state index >= 15 is 0 Å². The van der Waals surface area contributed by atoms with Crippen molar-refractivity contribution in [1.29, 1.82) is 5.26 Å². The van der Waals surface area contributed by atoms with Gasteiger partial charge in [0.15, 0.2) is 0 Å². The van der Waals surface area contributed by atoms with Gasteiger partial charge in [-0.3, -0.25) is 0 Å². The Hall–Kier alpha value is -1.49. The average molecular weight is 191 g/mol. The first-order valence-electron chi connectivity index (χ1n) is 4.78. The number of rotatable bonds is 2. The summed E-state index contributed by atoms with van der Waals surface area (Å²) < 4.78 is 5.10. The van der Waals surface area contributed by atoms with Crippen molar-refractivity contribution in [3.8, 4) is 11.8 Å². The Labute approximate surface area is 86.1 Å². The first-order valence-corrected chi connectivity index (χ1v) is 4.78. The Kier molecular flexibility index (Phi) is 6.22. The molecule has 0 aliphatic heterocycles. The zero-order valence-corrected chi connectivity index (χ0v) is 9.29. The predicted molar refractivity (Wildman–Crippen MR) is 58.4 cm³/mol. The third kappa shape index (κ3) is 3.49. The van der Waals surface area contributed by atoms with Crippen molar-refractivity contribution in [2.45, 2.75) is 27.2 Å². The van der Waals surface area contributed by atoms with Gasteiger partial charge < -0.3 is 4.74 Å². The Morgan fingerprint density at radius 3 is 2.43 bits per heavy atom. The highest BCUT2D eigenvalue weighted by Gasteiger charge is 1.98. The lowest BCUT2D eigenvalue weighted by Crippen LogP contribution is -1.89. The van der Waals surface area contributed by atoms with Crippen molar-refractivity contribution in [3.05, 3.63) is 29.3 Å². The lowest BCUT2D eigenvalue weighted by Gasteiger charge is -2.04. The van der Waals surface area contributed by atoms with Gasteiger partial charge in [-0.25, -0.2) is 0 Å². The molecule has 2 nitrogen and oxygen atoms in total. The summed E-state index contributed by atoms with van der Waals surface area (Å²) >= 11 is 0. The molecule has 0 unspecified atom stereocenters. The molecule has 0 saturated carbocycles. The van der Waals surface area contributed by atoms with Crippen LogP contribution in [0.25, 0.3) is 0 Å². The summed E-state index contributed by atoms with van der Waals surface area (Å²) in [6.45, 7) is 5.97. The average Bonchev–Trinajstić information content (AvgIpc) is 2.22. The molecule has 76 valence electrons. The second kappa shape index (κ2) is 6.97. The summed E-state index contributed by atoms with van der Waals surface area (Å²) in [6, 6.07) is 7.88. The van der Waals surface area contributed by atoms with E-state index in [0.717, 1.165) is 16.9 Å². The second-order valence-electron chi connectivity index (χ2n) is 2.64. The van der Waals surface area contributed by atoms with Crippen LogP contribution in [0.1, 0.15) is 25.0 Å². The zero-order valence-electron chi connectivity index (χ0n) is 9.29. The maximum Gasteiger partial charge on any atom is 0.121 e. The molecule has 0 N–H and O–H groups in total. The van der Waals surface area contributed by atoms with Crippen LogP contribution in [0.3, 0.4) is 0 Å². The number of aryl methyl sites for hydroxylation is 1. The van der Waals surface area contributed by atoms with Crippen LogP contribution in [0.15, 0.2) is 18.2 Å². The van der Waals surface area contributed by atoms with Crippen molar-refractivity contribution in [3.63, 3.8) is 0 Å². The van der Waals surface area contributed by atoms with Crippen LogP contribution in [0.2, 0.25) is 0 Å². The van der Waals surface area contributed by atoms with Gasteiger partial charge in [-0.05, 0) is 24.1 Å². The Bertz CT molecular complexity index is 313. The van der Waals surface area contributed by atoms with Crippen LogP contribution in [-0.4, -0.2) is 7.11 Å². The van der Waals surface area contributed by atoms with E-state index in [0.29, 0.717) is 6.42 Å². The molecule has 0 aliphatic rings. The molecule has 0 heterocycles. The highest BCUT2D eigenvalue weighted by molar-refractivity contribution is 5.36. The lowest BCUT2D eigenvalue weighted by atomic mass is 10.1. The lowest BCUT2D eigenvalue weighted by molar-refractivity contribution is 0.411. The van der Waals surface area contributed by atoms with Crippen molar-refractivity contribution in [1.82, 2.24) is 0 Å². The highest BCUT2D eigenvalue weighted by Crippen LogP contribution is 2.18. The number of benzene rings is 1. The molecule has 1 rings (SSSR count). The van der Waals surface area contributed by atoms with Gasteiger partial charge in [0.05, 0.1) is 19.6 Å². The van der Waals surface area contributed by atoms with E-state index in [1.807, 2.05) is 39.0 Å². The van der Waals surface area contributed by atoms with Gasteiger partial charge in [-0.1, -0.05) is 26.0 Å². The molecular weight excluding hydrogens is 174 g/mol. The van der Waals surface area contributed by atoms with Gasteiger partial charge in [-0.2, -0.15) is 5.26 Å². The fourth-order valence-electron chi connectivity index (χ4n) is 1.14. The maximum atomic E-state index is 8.46. The van der Waals surface area contributed by atoms with Gasteiger partial charge in [0.1, 0.15) is 5.75 Å². The van der Waals surface area contributed by atoms with Crippen LogP contribution < -0.4 is 4.74 Å². The summed E-state index contributed by atoms with van der Waals surface area (Å²) in [5.41, 5.74) is 2.11. The van der Waals surface area contributed by atoms with E-state index < -0.39 is 0 Å². The molecular formula is C12H17NO. The normalized spacial score (nSPS) is 8.21. The van der Waals surface area contributed by atoms with E-state index in [1.165, 1.54) is 0 Å². The summed E-state index contributed by atoms with van der Waals surface area (Å²) in [6.07, 6.45) is 0.463. The molecule has 0 aliphatic carbocycles. The summed E-state index contributed by atoms with van der Waals surface area (Å²) in [5.74, 6) is 0.872. The number of hydrogen-bond donors (Lipinski definition) is 0. The quantitative estimate of drug-likeness (QED) is 0.719. The van der Waals surface area contributed by atoms with Crippen molar-refractivity contribution in [2.75, 3.05) is 7.11 Å². The van der Waals surface area contributed by atoms with E-state index in [4.69, 9.17) is 10.00 Å². The molecule has 1 aromatic rings. The fraction of sp³-hybridized carbons (Fsp3) is 0.417. The third-order valence-corrected chi connectivity index (χ3v) is 1.74. The number of ether oxygens (including phenoxy) is 1. The summed E-state index contributed by atoms with van der Waals surface area (Å²) in [5, 5.41) is 8.46. The Morgan fingerprint density at radius 2 is 2.00 bits per heavy atom. The van der Waals surface area contributed by atoms with E-state index in [9.17, 15) is 0 Å². The molecule has 1 aromatic carbocycles. The van der Waals surface area contributed by atoms with E-state index in [2.05, 4.69) is 6.07 Å². The van der Waals surface area contributed by atoms with Gasteiger partial charge in [-0.15, -0.1) is 0 Å². The topological polar surface area (TPSA) is 33.0 Å². The first-order chi connectivity index (χ1) is 6.77. The summed E-state index contributed by atoms with van der Waals surface area (Å²) in [4.78, 5) is 0. The largest absolute Gasteiger partial charge is 0.496 e. The van der Waals surface area contributed by atoms with Gasteiger partial charge in [0.25, 0.3) is 0 Å². The molecule has 0 atom stereocenters. The molecule has 2 heteroatoms. The van der Waals surface area contributed by atoms with Crippen molar-refractivity contribution >= 4 is 0 Å².